The lowest BCUT2D eigenvalue weighted by molar-refractivity contribution is 0.479. The summed E-state index contributed by atoms with van der Waals surface area (Å²) in [4.78, 5) is 4.63. The molecule has 2 unspecified atom stereocenters. The van der Waals surface area contributed by atoms with E-state index in [0.29, 0.717) is 6.04 Å². The summed E-state index contributed by atoms with van der Waals surface area (Å²) in [6.07, 6.45) is 0.975. The zero-order valence-corrected chi connectivity index (χ0v) is 13.4. The number of nitrogens with one attached hydrogen (secondary N) is 1. The largest absolute Gasteiger partial charge is 0.327 e. The monoisotopic (exact) mass is 306 g/mol. The second-order valence-corrected chi connectivity index (χ2v) is 6.28. The highest BCUT2D eigenvalue weighted by molar-refractivity contribution is 5.75. The number of hydrogen-bond donors (Lipinski definition) is 2. The summed E-state index contributed by atoms with van der Waals surface area (Å²) < 4.78 is 2.28. The van der Waals surface area contributed by atoms with Gasteiger partial charge in [0.25, 0.3) is 0 Å². The van der Waals surface area contributed by atoms with Gasteiger partial charge in [0.1, 0.15) is 5.82 Å². The van der Waals surface area contributed by atoms with Gasteiger partial charge >= 0.3 is 0 Å². The van der Waals surface area contributed by atoms with Gasteiger partial charge in [0.05, 0.1) is 11.0 Å². The summed E-state index contributed by atoms with van der Waals surface area (Å²) in [6, 6.07) is 17.3. The predicted octanol–water partition coefficient (Wildman–Crippen LogP) is 3.08. The van der Waals surface area contributed by atoms with Crippen molar-refractivity contribution in [2.45, 2.75) is 32.0 Å². The van der Waals surface area contributed by atoms with Gasteiger partial charge in [0.15, 0.2) is 0 Å². The molecule has 2 atom stereocenters. The van der Waals surface area contributed by atoms with Gasteiger partial charge in [-0.05, 0) is 36.6 Å². The van der Waals surface area contributed by atoms with Gasteiger partial charge in [0, 0.05) is 25.2 Å². The van der Waals surface area contributed by atoms with Crippen LogP contribution in [0, 0.1) is 6.92 Å². The maximum atomic E-state index is 6.25. The standard InChI is InChI=1S/C19H22N4/c1-13-22-17-8-4-5-9-19(17)23(13)11-10-21-18-12-16(20)14-6-2-3-7-15(14)18/h2-9,16,18,21H,10-12,20H2,1H3. The predicted molar refractivity (Wildman–Crippen MR) is 93.2 cm³/mol. The number of aryl methyl sites for hydroxylation is 1. The van der Waals surface area contributed by atoms with Crippen molar-refractivity contribution in [1.29, 1.82) is 0 Å². The van der Waals surface area contributed by atoms with Crippen LogP contribution in [0.4, 0.5) is 0 Å². The SMILES string of the molecule is Cc1nc2ccccc2n1CCNC1CC(N)c2ccccc21. The number of benzene rings is 2. The van der Waals surface area contributed by atoms with Crippen LogP contribution >= 0.6 is 0 Å². The molecule has 4 heteroatoms. The molecule has 3 aromatic rings. The Bertz CT molecular complexity index is 836. The summed E-state index contributed by atoms with van der Waals surface area (Å²) >= 11 is 0. The van der Waals surface area contributed by atoms with E-state index in [4.69, 9.17) is 5.73 Å². The van der Waals surface area contributed by atoms with E-state index in [1.54, 1.807) is 0 Å². The lowest BCUT2D eigenvalue weighted by Crippen LogP contribution is -2.24. The van der Waals surface area contributed by atoms with Crippen LogP contribution < -0.4 is 11.1 Å². The molecule has 2 aromatic carbocycles. The minimum absolute atomic E-state index is 0.152. The molecule has 23 heavy (non-hydrogen) atoms. The van der Waals surface area contributed by atoms with Gasteiger partial charge in [-0.25, -0.2) is 4.98 Å². The fourth-order valence-corrected chi connectivity index (χ4v) is 3.70. The molecule has 0 saturated heterocycles. The third kappa shape index (κ3) is 2.54. The quantitative estimate of drug-likeness (QED) is 0.779. The molecular weight excluding hydrogens is 284 g/mol. The molecule has 3 N–H and O–H groups in total. The average molecular weight is 306 g/mol. The van der Waals surface area contributed by atoms with E-state index in [1.165, 1.54) is 16.6 Å². The van der Waals surface area contributed by atoms with E-state index in [2.05, 4.69) is 64.3 Å². The summed E-state index contributed by atoms with van der Waals surface area (Å²) in [5, 5.41) is 3.67. The van der Waals surface area contributed by atoms with E-state index in [-0.39, 0.29) is 6.04 Å². The molecule has 0 amide bonds. The van der Waals surface area contributed by atoms with Crippen molar-refractivity contribution in [1.82, 2.24) is 14.9 Å². The Hall–Kier alpha value is -2.17. The molecule has 1 heterocycles. The molecule has 1 aliphatic carbocycles. The van der Waals surface area contributed by atoms with Crippen molar-refractivity contribution < 1.29 is 0 Å². The molecule has 4 rings (SSSR count). The fourth-order valence-electron chi connectivity index (χ4n) is 3.70. The topological polar surface area (TPSA) is 55.9 Å². The van der Waals surface area contributed by atoms with Crippen LogP contribution in [0.2, 0.25) is 0 Å². The maximum Gasteiger partial charge on any atom is 0.106 e. The van der Waals surface area contributed by atoms with Gasteiger partial charge in [0.2, 0.25) is 0 Å². The summed E-state index contributed by atoms with van der Waals surface area (Å²) in [5.41, 5.74) is 11.2. The van der Waals surface area contributed by atoms with Crippen LogP contribution in [0.5, 0.6) is 0 Å². The Morgan fingerprint density at radius 3 is 2.74 bits per heavy atom. The van der Waals surface area contributed by atoms with Crippen molar-refractivity contribution >= 4 is 11.0 Å². The van der Waals surface area contributed by atoms with Crippen LogP contribution in [0.25, 0.3) is 11.0 Å². The second kappa shape index (κ2) is 5.80. The van der Waals surface area contributed by atoms with Crippen molar-refractivity contribution in [2.24, 2.45) is 5.73 Å². The first-order valence-electron chi connectivity index (χ1n) is 8.23. The number of nitrogens with two attached hydrogens (primary N) is 1. The molecule has 0 bridgehead atoms. The number of rotatable bonds is 4. The van der Waals surface area contributed by atoms with Crippen LogP contribution in [0.1, 0.15) is 35.5 Å². The summed E-state index contributed by atoms with van der Waals surface area (Å²) in [7, 11) is 0. The molecule has 0 saturated carbocycles. The summed E-state index contributed by atoms with van der Waals surface area (Å²) in [6.45, 7) is 3.90. The van der Waals surface area contributed by atoms with Gasteiger partial charge in [-0.3, -0.25) is 0 Å². The third-order valence-corrected chi connectivity index (χ3v) is 4.83. The Morgan fingerprint density at radius 1 is 1.13 bits per heavy atom. The van der Waals surface area contributed by atoms with Crippen molar-refractivity contribution in [2.75, 3.05) is 6.54 Å². The zero-order chi connectivity index (χ0) is 15.8. The van der Waals surface area contributed by atoms with Crippen LogP contribution in [0.3, 0.4) is 0 Å². The number of nitrogens with zero attached hydrogens (tertiary/aromatic N) is 2. The number of hydrogen-bond acceptors (Lipinski definition) is 3. The highest BCUT2D eigenvalue weighted by atomic mass is 15.1. The van der Waals surface area contributed by atoms with Gasteiger partial charge in [-0.2, -0.15) is 0 Å². The highest BCUT2D eigenvalue weighted by Crippen LogP contribution is 2.36. The molecule has 0 spiro atoms. The molecule has 0 radical (unpaired) electrons. The summed E-state index contributed by atoms with van der Waals surface area (Å²) in [5.74, 6) is 1.07. The Kier molecular flexibility index (Phi) is 3.63. The van der Waals surface area contributed by atoms with E-state index in [0.717, 1.165) is 30.9 Å². The minimum Gasteiger partial charge on any atom is -0.327 e. The van der Waals surface area contributed by atoms with Gasteiger partial charge in [-0.15, -0.1) is 0 Å². The van der Waals surface area contributed by atoms with Gasteiger partial charge < -0.3 is 15.6 Å². The van der Waals surface area contributed by atoms with Crippen LogP contribution in [-0.4, -0.2) is 16.1 Å². The molecule has 0 aliphatic heterocycles. The van der Waals surface area contributed by atoms with Crippen LogP contribution in [-0.2, 0) is 6.54 Å². The third-order valence-electron chi connectivity index (χ3n) is 4.83. The first-order valence-corrected chi connectivity index (χ1v) is 8.23. The lowest BCUT2D eigenvalue weighted by Gasteiger charge is -2.15. The maximum absolute atomic E-state index is 6.25. The lowest BCUT2D eigenvalue weighted by atomic mass is 10.1. The Balaban J connectivity index is 1.47. The number of aromatic nitrogens is 2. The van der Waals surface area contributed by atoms with E-state index in [1.807, 2.05) is 6.07 Å². The van der Waals surface area contributed by atoms with Crippen molar-refractivity contribution in [3.8, 4) is 0 Å². The molecule has 1 aromatic heterocycles. The molecule has 1 aliphatic rings. The smallest absolute Gasteiger partial charge is 0.106 e. The first kappa shape index (κ1) is 14.4. The normalized spacial score (nSPS) is 20.1. The van der Waals surface area contributed by atoms with Crippen molar-refractivity contribution in [3.63, 3.8) is 0 Å². The Morgan fingerprint density at radius 2 is 1.87 bits per heavy atom. The van der Waals surface area contributed by atoms with Crippen LogP contribution in [0.15, 0.2) is 48.5 Å². The zero-order valence-electron chi connectivity index (χ0n) is 13.4. The molecule has 0 fully saturated rings. The molecular formula is C19H22N4. The van der Waals surface area contributed by atoms with E-state index >= 15 is 0 Å². The van der Waals surface area contributed by atoms with E-state index < -0.39 is 0 Å². The van der Waals surface area contributed by atoms with Gasteiger partial charge in [-0.1, -0.05) is 36.4 Å². The number of para-hydroxylation sites is 2. The highest BCUT2D eigenvalue weighted by Gasteiger charge is 2.27. The average Bonchev–Trinajstić information content (AvgIpc) is 3.06. The second-order valence-electron chi connectivity index (χ2n) is 6.28. The minimum atomic E-state index is 0.152. The Labute approximate surface area is 136 Å². The molecule has 4 nitrogen and oxygen atoms in total. The van der Waals surface area contributed by atoms with E-state index in [9.17, 15) is 0 Å². The number of imidazole rings is 1. The van der Waals surface area contributed by atoms with Crippen molar-refractivity contribution in [3.05, 3.63) is 65.5 Å². The fraction of sp³-hybridized carbons (Fsp3) is 0.316. The number of fused-ring (bicyclic) bond motifs is 2. The first-order chi connectivity index (χ1) is 11.2. The molecule has 118 valence electrons.